The lowest BCUT2D eigenvalue weighted by molar-refractivity contribution is 0.0697. The van der Waals surface area contributed by atoms with E-state index in [0.717, 1.165) is 61.3 Å². The number of nitrogens with zero attached hydrogens (tertiary/aromatic N) is 1. The Labute approximate surface area is 177 Å². The summed E-state index contributed by atoms with van der Waals surface area (Å²) in [5.74, 6) is 1.26. The zero-order valence-electron chi connectivity index (χ0n) is 17.6. The zero-order chi connectivity index (χ0) is 20.5. The number of carbonyl (C=O) groups is 2. The Morgan fingerprint density at radius 2 is 1.72 bits per heavy atom. The summed E-state index contributed by atoms with van der Waals surface area (Å²) >= 11 is 1.61. The topological polar surface area (TPSA) is 49.4 Å². The molecule has 154 valence electrons. The molecule has 29 heavy (non-hydrogen) atoms. The number of benzene rings is 1. The molecule has 1 N–H and O–H groups in total. The zero-order valence-corrected chi connectivity index (χ0v) is 18.4. The number of fused-ring (bicyclic) bond motifs is 1. The van der Waals surface area contributed by atoms with Crippen molar-refractivity contribution < 1.29 is 9.59 Å². The van der Waals surface area contributed by atoms with Crippen LogP contribution in [0.5, 0.6) is 0 Å². The molecule has 2 aromatic rings. The van der Waals surface area contributed by atoms with E-state index in [0.29, 0.717) is 17.4 Å². The van der Waals surface area contributed by atoms with Crippen LogP contribution in [0.1, 0.15) is 69.8 Å². The summed E-state index contributed by atoms with van der Waals surface area (Å²) in [6, 6.07) is 7.57. The molecule has 5 heteroatoms. The molecule has 1 aromatic carbocycles. The van der Waals surface area contributed by atoms with E-state index in [4.69, 9.17) is 0 Å². The molecule has 1 aliphatic carbocycles. The van der Waals surface area contributed by atoms with E-state index < -0.39 is 0 Å². The summed E-state index contributed by atoms with van der Waals surface area (Å²) in [6.07, 6.45) is 5.14. The fraction of sp³-hybridized carbons (Fsp3) is 0.500. The van der Waals surface area contributed by atoms with Crippen LogP contribution in [0.3, 0.4) is 0 Å². The molecule has 0 bridgehead atoms. The minimum atomic E-state index is -0.141. The molecule has 1 saturated heterocycles. The van der Waals surface area contributed by atoms with Crippen LogP contribution in [0.25, 0.3) is 0 Å². The average molecular weight is 411 g/mol. The van der Waals surface area contributed by atoms with Gasteiger partial charge in [0.25, 0.3) is 11.8 Å². The van der Waals surface area contributed by atoms with Crippen LogP contribution in [-0.4, -0.2) is 29.8 Å². The second kappa shape index (κ2) is 8.31. The molecule has 1 aliphatic heterocycles. The SMILES string of the molecule is Cc1ccc(C(=O)Nc2sc3c(c2C(=O)N2CCC(C)CC2)CC[C@H](C)C3)cc1. The smallest absolute Gasteiger partial charge is 0.257 e. The van der Waals surface area contributed by atoms with Gasteiger partial charge in [-0.25, -0.2) is 0 Å². The quantitative estimate of drug-likeness (QED) is 0.746. The van der Waals surface area contributed by atoms with Gasteiger partial charge in [-0.3, -0.25) is 9.59 Å². The van der Waals surface area contributed by atoms with Crippen molar-refractivity contribution in [2.45, 2.75) is 52.9 Å². The Bertz CT molecular complexity index is 908. The number of hydrogen-bond acceptors (Lipinski definition) is 3. The minimum absolute atomic E-state index is 0.100. The van der Waals surface area contributed by atoms with Gasteiger partial charge in [-0.05, 0) is 68.6 Å². The maximum Gasteiger partial charge on any atom is 0.257 e. The molecular formula is C24H30N2O2S. The van der Waals surface area contributed by atoms with Gasteiger partial charge in [0.1, 0.15) is 5.00 Å². The third-order valence-corrected chi connectivity index (χ3v) is 7.51. The predicted octanol–water partition coefficient (Wildman–Crippen LogP) is 5.31. The molecule has 1 fully saturated rings. The van der Waals surface area contributed by atoms with Gasteiger partial charge >= 0.3 is 0 Å². The van der Waals surface area contributed by atoms with Crippen molar-refractivity contribution in [2.24, 2.45) is 11.8 Å². The first-order valence-corrected chi connectivity index (χ1v) is 11.6. The fourth-order valence-corrected chi connectivity index (χ4v) is 5.71. The molecule has 0 saturated carbocycles. The van der Waals surface area contributed by atoms with Crippen molar-refractivity contribution >= 4 is 28.2 Å². The lowest BCUT2D eigenvalue weighted by Crippen LogP contribution is -2.38. The van der Waals surface area contributed by atoms with Gasteiger partial charge in [0.05, 0.1) is 5.56 Å². The molecule has 1 atom stereocenters. The second-order valence-corrected chi connectivity index (χ2v) is 9.96. The summed E-state index contributed by atoms with van der Waals surface area (Å²) in [4.78, 5) is 29.6. The number of nitrogens with one attached hydrogen (secondary N) is 1. The maximum atomic E-state index is 13.5. The van der Waals surface area contributed by atoms with Crippen LogP contribution in [0.2, 0.25) is 0 Å². The van der Waals surface area contributed by atoms with Crippen LogP contribution in [0.15, 0.2) is 24.3 Å². The first kappa shape index (κ1) is 20.1. The van der Waals surface area contributed by atoms with E-state index in [1.54, 1.807) is 11.3 Å². The van der Waals surface area contributed by atoms with Gasteiger partial charge in [-0.15, -0.1) is 11.3 Å². The average Bonchev–Trinajstić information content (AvgIpc) is 3.05. The highest BCUT2D eigenvalue weighted by Gasteiger charge is 2.32. The molecule has 2 heterocycles. The van der Waals surface area contributed by atoms with Crippen molar-refractivity contribution in [1.82, 2.24) is 4.90 Å². The Hall–Kier alpha value is -2.14. The van der Waals surface area contributed by atoms with Gasteiger partial charge in [0.2, 0.25) is 0 Å². The molecule has 0 unspecified atom stereocenters. The van der Waals surface area contributed by atoms with E-state index in [1.807, 2.05) is 36.1 Å². The Balaban J connectivity index is 1.64. The van der Waals surface area contributed by atoms with Gasteiger partial charge in [0.15, 0.2) is 0 Å². The summed E-state index contributed by atoms with van der Waals surface area (Å²) in [5.41, 5.74) is 3.68. The fourth-order valence-electron chi connectivity index (χ4n) is 4.32. The number of anilines is 1. The van der Waals surface area contributed by atoms with Crippen LogP contribution < -0.4 is 5.32 Å². The third-order valence-electron chi connectivity index (χ3n) is 6.34. The maximum absolute atomic E-state index is 13.5. The number of amides is 2. The third kappa shape index (κ3) is 4.25. The normalized spacial score (nSPS) is 19.7. The minimum Gasteiger partial charge on any atom is -0.339 e. The van der Waals surface area contributed by atoms with E-state index in [2.05, 4.69) is 19.2 Å². The van der Waals surface area contributed by atoms with Crippen molar-refractivity contribution in [3.8, 4) is 0 Å². The highest BCUT2D eigenvalue weighted by Crippen LogP contribution is 2.40. The van der Waals surface area contributed by atoms with E-state index >= 15 is 0 Å². The Morgan fingerprint density at radius 1 is 1.03 bits per heavy atom. The van der Waals surface area contributed by atoms with E-state index in [-0.39, 0.29) is 11.8 Å². The van der Waals surface area contributed by atoms with Crippen LogP contribution in [0.4, 0.5) is 5.00 Å². The lowest BCUT2D eigenvalue weighted by atomic mass is 9.88. The van der Waals surface area contributed by atoms with Gasteiger partial charge in [-0.1, -0.05) is 31.5 Å². The summed E-state index contributed by atoms with van der Waals surface area (Å²) < 4.78 is 0. The number of hydrogen-bond donors (Lipinski definition) is 1. The van der Waals surface area contributed by atoms with Gasteiger partial charge < -0.3 is 10.2 Å². The number of aryl methyl sites for hydroxylation is 1. The molecule has 2 aliphatic rings. The van der Waals surface area contributed by atoms with Crippen molar-refractivity contribution in [3.63, 3.8) is 0 Å². The lowest BCUT2D eigenvalue weighted by Gasteiger charge is -2.31. The predicted molar refractivity (Wildman–Crippen MR) is 119 cm³/mol. The highest BCUT2D eigenvalue weighted by molar-refractivity contribution is 7.17. The Morgan fingerprint density at radius 3 is 2.41 bits per heavy atom. The van der Waals surface area contributed by atoms with Crippen molar-refractivity contribution in [3.05, 3.63) is 51.4 Å². The first-order chi connectivity index (χ1) is 13.9. The molecule has 0 spiro atoms. The molecule has 4 nitrogen and oxygen atoms in total. The Kier molecular flexibility index (Phi) is 5.77. The number of rotatable bonds is 3. The summed E-state index contributed by atoms with van der Waals surface area (Å²) in [7, 11) is 0. The molecular weight excluding hydrogens is 380 g/mol. The second-order valence-electron chi connectivity index (χ2n) is 8.85. The van der Waals surface area contributed by atoms with Crippen molar-refractivity contribution in [2.75, 3.05) is 18.4 Å². The summed E-state index contributed by atoms with van der Waals surface area (Å²) in [5, 5.41) is 3.81. The molecule has 4 rings (SSSR count). The van der Waals surface area contributed by atoms with Crippen LogP contribution in [-0.2, 0) is 12.8 Å². The van der Waals surface area contributed by atoms with E-state index in [9.17, 15) is 9.59 Å². The molecule has 2 amide bonds. The highest BCUT2D eigenvalue weighted by atomic mass is 32.1. The first-order valence-electron chi connectivity index (χ1n) is 10.7. The number of piperidine rings is 1. The van der Waals surface area contributed by atoms with Gasteiger partial charge in [0, 0.05) is 23.5 Å². The number of thiophene rings is 1. The van der Waals surface area contributed by atoms with Crippen LogP contribution in [0, 0.1) is 18.8 Å². The van der Waals surface area contributed by atoms with E-state index in [1.165, 1.54) is 10.4 Å². The largest absolute Gasteiger partial charge is 0.339 e. The standard InChI is InChI=1S/C24H30N2O2S/c1-15-4-7-18(8-5-15)22(27)25-23-21(19-9-6-17(3)14-20(19)29-23)24(28)26-12-10-16(2)11-13-26/h4-5,7-8,16-17H,6,9-14H2,1-3H3,(H,25,27)/t17-/m0/s1. The number of likely N-dealkylation sites (tertiary alicyclic amines) is 1. The summed E-state index contributed by atoms with van der Waals surface area (Å²) in [6.45, 7) is 8.15. The molecule has 0 radical (unpaired) electrons. The van der Waals surface area contributed by atoms with Crippen molar-refractivity contribution in [1.29, 1.82) is 0 Å². The molecule has 1 aromatic heterocycles. The number of carbonyl (C=O) groups excluding carboxylic acids is 2. The van der Waals surface area contributed by atoms with Gasteiger partial charge in [-0.2, -0.15) is 0 Å². The van der Waals surface area contributed by atoms with Crippen LogP contribution >= 0.6 is 11.3 Å². The monoisotopic (exact) mass is 410 g/mol.